The first-order valence-corrected chi connectivity index (χ1v) is 5.73. The van der Waals surface area contributed by atoms with Gasteiger partial charge in [-0.1, -0.05) is 19.1 Å². The van der Waals surface area contributed by atoms with E-state index in [1.807, 2.05) is 6.92 Å². The van der Waals surface area contributed by atoms with E-state index in [1.165, 1.54) is 12.1 Å². The highest BCUT2D eigenvalue weighted by atomic mass is 19.1. The molecule has 0 fully saturated rings. The Morgan fingerprint density at radius 2 is 2.18 bits per heavy atom. The molecule has 17 heavy (non-hydrogen) atoms. The maximum absolute atomic E-state index is 13.2. The summed E-state index contributed by atoms with van der Waals surface area (Å²) in [5.74, 6) is -0.740. The first-order valence-electron chi connectivity index (χ1n) is 5.73. The summed E-state index contributed by atoms with van der Waals surface area (Å²) in [6.45, 7) is 3.91. The van der Waals surface area contributed by atoms with Crippen molar-refractivity contribution in [1.29, 1.82) is 0 Å². The lowest BCUT2D eigenvalue weighted by atomic mass is 9.87. The van der Waals surface area contributed by atoms with Crippen LogP contribution in [0.4, 0.5) is 4.39 Å². The third kappa shape index (κ3) is 2.64. The number of esters is 1. The number of likely N-dealkylation sites (N-methyl/N-ethyl adjacent to an activating group) is 1. The van der Waals surface area contributed by atoms with Gasteiger partial charge in [0.05, 0.1) is 6.61 Å². The standard InChI is InChI=1S/C13H18FNO2/c1-4-13(15-3,12(16)17-5-2)10-7-6-8-11(14)9-10/h6-9,15H,4-5H2,1-3H3. The van der Waals surface area contributed by atoms with Crippen molar-refractivity contribution in [2.45, 2.75) is 25.8 Å². The van der Waals surface area contributed by atoms with E-state index in [4.69, 9.17) is 4.74 Å². The van der Waals surface area contributed by atoms with Crippen LogP contribution in [0.15, 0.2) is 24.3 Å². The molecule has 0 bridgehead atoms. The number of rotatable bonds is 5. The molecule has 1 aromatic rings. The minimum absolute atomic E-state index is 0.303. The fourth-order valence-electron chi connectivity index (χ4n) is 1.90. The lowest BCUT2D eigenvalue weighted by Gasteiger charge is -2.30. The van der Waals surface area contributed by atoms with Gasteiger partial charge in [0.25, 0.3) is 0 Å². The van der Waals surface area contributed by atoms with Gasteiger partial charge in [-0.15, -0.1) is 0 Å². The van der Waals surface area contributed by atoms with Gasteiger partial charge < -0.3 is 10.1 Å². The molecular weight excluding hydrogens is 221 g/mol. The van der Waals surface area contributed by atoms with Crippen molar-refractivity contribution in [1.82, 2.24) is 5.32 Å². The number of ether oxygens (including phenoxy) is 1. The van der Waals surface area contributed by atoms with E-state index < -0.39 is 5.54 Å². The number of hydrogen-bond donors (Lipinski definition) is 1. The molecule has 4 heteroatoms. The fourth-order valence-corrected chi connectivity index (χ4v) is 1.90. The summed E-state index contributed by atoms with van der Waals surface area (Å²) >= 11 is 0. The topological polar surface area (TPSA) is 38.3 Å². The average molecular weight is 239 g/mol. The first-order chi connectivity index (χ1) is 8.10. The molecule has 0 aliphatic heterocycles. The Kier molecular flexibility index (Phi) is 4.63. The number of benzene rings is 1. The van der Waals surface area contributed by atoms with Crippen LogP contribution < -0.4 is 5.32 Å². The Bertz CT molecular complexity index is 389. The summed E-state index contributed by atoms with van der Waals surface area (Å²) in [5, 5.41) is 2.95. The minimum Gasteiger partial charge on any atom is -0.464 e. The molecule has 0 amide bonds. The van der Waals surface area contributed by atoms with Gasteiger partial charge in [-0.3, -0.25) is 0 Å². The van der Waals surface area contributed by atoms with E-state index in [1.54, 1.807) is 26.1 Å². The van der Waals surface area contributed by atoms with Gasteiger partial charge in [-0.2, -0.15) is 0 Å². The normalized spacial score (nSPS) is 14.1. The number of hydrogen-bond acceptors (Lipinski definition) is 3. The number of nitrogens with one attached hydrogen (secondary N) is 1. The summed E-state index contributed by atoms with van der Waals surface area (Å²) in [4.78, 5) is 12.0. The van der Waals surface area contributed by atoms with Crippen molar-refractivity contribution in [2.75, 3.05) is 13.7 Å². The predicted octanol–water partition coefficient (Wildman–Crippen LogP) is 2.21. The van der Waals surface area contributed by atoms with Crippen molar-refractivity contribution >= 4 is 5.97 Å². The molecule has 1 aromatic carbocycles. The van der Waals surface area contributed by atoms with Crippen molar-refractivity contribution in [3.63, 3.8) is 0 Å². The van der Waals surface area contributed by atoms with Crippen LogP contribution in [0, 0.1) is 5.82 Å². The molecule has 1 rings (SSSR count). The number of carbonyl (C=O) groups is 1. The van der Waals surface area contributed by atoms with Gasteiger partial charge in [0.2, 0.25) is 0 Å². The molecule has 0 aromatic heterocycles. The average Bonchev–Trinajstić information content (AvgIpc) is 2.32. The van der Waals surface area contributed by atoms with Crippen LogP contribution in [0.1, 0.15) is 25.8 Å². The van der Waals surface area contributed by atoms with E-state index in [-0.39, 0.29) is 11.8 Å². The molecule has 0 radical (unpaired) electrons. The van der Waals surface area contributed by atoms with Crippen LogP contribution in [-0.2, 0) is 15.1 Å². The lowest BCUT2D eigenvalue weighted by Crippen LogP contribution is -2.48. The van der Waals surface area contributed by atoms with Crippen LogP contribution >= 0.6 is 0 Å². The Hall–Kier alpha value is -1.42. The molecule has 0 aliphatic carbocycles. The summed E-state index contributed by atoms with van der Waals surface area (Å²) in [6.07, 6.45) is 0.492. The van der Waals surface area contributed by atoms with Crippen molar-refractivity contribution in [2.24, 2.45) is 0 Å². The van der Waals surface area contributed by atoms with Crippen molar-refractivity contribution < 1.29 is 13.9 Å². The fraction of sp³-hybridized carbons (Fsp3) is 0.462. The van der Waals surface area contributed by atoms with E-state index in [9.17, 15) is 9.18 Å². The second kappa shape index (κ2) is 5.77. The Balaban J connectivity index is 3.19. The van der Waals surface area contributed by atoms with Crippen LogP contribution in [-0.4, -0.2) is 19.6 Å². The summed E-state index contributed by atoms with van der Waals surface area (Å²) in [7, 11) is 1.67. The largest absolute Gasteiger partial charge is 0.464 e. The SMILES string of the molecule is CCOC(=O)C(CC)(NC)c1cccc(F)c1. The van der Waals surface area contributed by atoms with Gasteiger partial charge in [0, 0.05) is 0 Å². The Labute approximate surface area is 101 Å². The van der Waals surface area contributed by atoms with E-state index in [2.05, 4.69) is 5.32 Å². The smallest absolute Gasteiger partial charge is 0.330 e. The van der Waals surface area contributed by atoms with Crippen LogP contribution in [0.3, 0.4) is 0 Å². The highest BCUT2D eigenvalue weighted by Crippen LogP contribution is 2.26. The highest BCUT2D eigenvalue weighted by molar-refractivity contribution is 5.82. The molecule has 0 heterocycles. The van der Waals surface area contributed by atoms with Crippen LogP contribution in [0.5, 0.6) is 0 Å². The van der Waals surface area contributed by atoms with E-state index in [0.29, 0.717) is 18.6 Å². The monoisotopic (exact) mass is 239 g/mol. The zero-order valence-corrected chi connectivity index (χ0v) is 10.4. The zero-order chi connectivity index (χ0) is 12.9. The molecule has 1 atom stereocenters. The summed E-state index contributed by atoms with van der Waals surface area (Å²) < 4.78 is 18.3. The van der Waals surface area contributed by atoms with Gasteiger partial charge in [0.1, 0.15) is 11.4 Å². The van der Waals surface area contributed by atoms with E-state index in [0.717, 1.165) is 0 Å². The molecule has 0 aliphatic rings. The molecule has 0 saturated carbocycles. The predicted molar refractivity (Wildman–Crippen MR) is 64.1 cm³/mol. The van der Waals surface area contributed by atoms with Gasteiger partial charge >= 0.3 is 5.97 Å². The number of halogens is 1. The second-order valence-electron chi connectivity index (χ2n) is 3.74. The molecule has 1 N–H and O–H groups in total. The number of carbonyl (C=O) groups excluding carboxylic acids is 1. The maximum atomic E-state index is 13.2. The minimum atomic E-state index is -0.974. The summed E-state index contributed by atoms with van der Waals surface area (Å²) in [5.41, 5.74) is -0.390. The highest BCUT2D eigenvalue weighted by Gasteiger charge is 2.38. The van der Waals surface area contributed by atoms with Crippen LogP contribution in [0.25, 0.3) is 0 Å². The summed E-state index contributed by atoms with van der Waals surface area (Å²) in [6, 6.07) is 6.02. The van der Waals surface area contributed by atoms with Gasteiger partial charge in [0.15, 0.2) is 0 Å². The molecule has 94 valence electrons. The molecule has 0 saturated heterocycles. The van der Waals surface area contributed by atoms with E-state index >= 15 is 0 Å². The van der Waals surface area contributed by atoms with Gasteiger partial charge in [-0.05, 0) is 38.1 Å². The third-order valence-corrected chi connectivity index (χ3v) is 2.90. The Morgan fingerprint density at radius 1 is 1.47 bits per heavy atom. The molecule has 1 unspecified atom stereocenters. The zero-order valence-electron chi connectivity index (χ0n) is 10.4. The van der Waals surface area contributed by atoms with Crippen LogP contribution in [0.2, 0.25) is 0 Å². The van der Waals surface area contributed by atoms with Crippen molar-refractivity contribution in [3.05, 3.63) is 35.6 Å². The molecule has 0 spiro atoms. The maximum Gasteiger partial charge on any atom is 0.330 e. The molecular formula is C13H18FNO2. The van der Waals surface area contributed by atoms with Crippen molar-refractivity contribution in [3.8, 4) is 0 Å². The second-order valence-corrected chi connectivity index (χ2v) is 3.74. The Morgan fingerprint density at radius 3 is 2.65 bits per heavy atom. The first kappa shape index (κ1) is 13.6. The third-order valence-electron chi connectivity index (χ3n) is 2.90. The van der Waals surface area contributed by atoms with Gasteiger partial charge in [-0.25, -0.2) is 9.18 Å². The molecule has 3 nitrogen and oxygen atoms in total. The quantitative estimate of drug-likeness (QED) is 0.801. The lowest BCUT2D eigenvalue weighted by molar-refractivity contribution is -0.151.